The Morgan fingerprint density at radius 2 is 0.840 bits per heavy atom. The molecule has 0 aromatic rings. The van der Waals surface area contributed by atoms with Crippen LogP contribution in [0.3, 0.4) is 0 Å². The molecule has 0 aromatic heterocycles. The number of carboxylic acids is 4. The minimum absolute atomic E-state index is 0. The Balaban J connectivity index is -0.00000264. The summed E-state index contributed by atoms with van der Waals surface area (Å²) >= 11 is 0. The predicted molar refractivity (Wildman–Crippen MR) is 69.6 cm³/mol. The second kappa shape index (κ2) is 9.24. The van der Waals surface area contributed by atoms with Crippen molar-refractivity contribution in [3.05, 3.63) is 20.2 Å². The zero-order chi connectivity index (χ0) is 19.3. The first kappa shape index (κ1) is 24.9. The van der Waals surface area contributed by atoms with E-state index in [0.29, 0.717) is 0 Å². The van der Waals surface area contributed by atoms with Crippen LogP contribution in [0.25, 0.3) is 0 Å². The predicted octanol–water partition coefficient (Wildman–Crippen LogP) is -3.97. The quantitative estimate of drug-likeness (QED) is 0.153. The molecular weight excluding hydrogens is 363 g/mol. The summed E-state index contributed by atoms with van der Waals surface area (Å²) < 4.78 is 0. The SMILES string of the molecule is O=C(O)CC(CC(=O)O)([N+](=O)[O-])C(CC(=O)O)(CC(=O)O)[N+](=O)[O-].[H-].[Na+]. The third kappa shape index (κ3) is 5.61. The van der Waals surface area contributed by atoms with Crippen molar-refractivity contribution in [2.24, 2.45) is 0 Å². The molecule has 0 spiro atoms. The molecule has 0 fully saturated rings. The first-order valence-electron chi connectivity index (χ1n) is 5.97. The molecule has 136 valence electrons. The molecule has 0 radical (unpaired) electrons. The standard InChI is InChI=1S/C10H12N2O12.Na.H/c13-5(14)1-9(11(21)22,2-6(15)16)10(12(23)24,3-7(17)18)4-8(19)20;;/h1-4H2,(H,13,14)(H,15,16)(H,17,18)(H,19,20);;/q;+1;-1. The van der Waals surface area contributed by atoms with E-state index < -0.39 is 70.5 Å². The first-order chi connectivity index (χ1) is 10.8. The van der Waals surface area contributed by atoms with Crippen LogP contribution in [0.2, 0.25) is 0 Å². The maximum absolute atomic E-state index is 11.4. The molecule has 25 heavy (non-hydrogen) atoms. The summed E-state index contributed by atoms with van der Waals surface area (Å²) in [5.74, 6) is -8.13. The Kier molecular flexibility index (Phi) is 9.21. The van der Waals surface area contributed by atoms with E-state index in [1.807, 2.05) is 0 Å². The summed E-state index contributed by atoms with van der Waals surface area (Å²) in [5.41, 5.74) is -6.99. The largest absolute Gasteiger partial charge is 1.00 e. The average Bonchev–Trinajstić information content (AvgIpc) is 2.33. The van der Waals surface area contributed by atoms with Crippen LogP contribution in [0, 0.1) is 20.2 Å². The maximum Gasteiger partial charge on any atom is 1.00 e. The van der Waals surface area contributed by atoms with Gasteiger partial charge in [0.25, 0.3) is 0 Å². The van der Waals surface area contributed by atoms with Gasteiger partial charge < -0.3 is 21.9 Å². The Morgan fingerprint density at radius 1 is 0.680 bits per heavy atom. The summed E-state index contributed by atoms with van der Waals surface area (Å²) in [6.07, 6.45) is -7.02. The van der Waals surface area contributed by atoms with Crippen molar-refractivity contribution in [3.63, 3.8) is 0 Å². The number of hydrogen-bond donors (Lipinski definition) is 4. The summed E-state index contributed by atoms with van der Waals surface area (Å²) in [6, 6.07) is 0. The summed E-state index contributed by atoms with van der Waals surface area (Å²) in [4.78, 5) is 63.3. The summed E-state index contributed by atoms with van der Waals surface area (Å²) in [7, 11) is 0. The van der Waals surface area contributed by atoms with Crippen molar-refractivity contribution in [3.8, 4) is 0 Å². The number of aliphatic carboxylic acids is 4. The Labute approximate surface area is 161 Å². The molecule has 0 saturated heterocycles. The van der Waals surface area contributed by atoms with Gasteiger partial charge in [0.05, 0.1) is 0 Å². The van der Waals surface area contributed by atoms with E-state index in [-0.39, 0.29) is 31.0 Å². The summed E-state index contributed by atoms with van der Waals surface area (Å²) in [6.45, 7) is 0. The Hall–Kier alpha value is -2.32. The van der Waals surface area contributed by atoms with E-state index in [0.717, 1.165) is 0 Å². The van der Waals surface area contributed by atoms with E-state index in [2.05, 4.69) is 0 Å². The van der Waals surface area contributed by atoms with Crippen LogP contribution in [-0.2, 0) is 19.2 Å². The molecule has 0 amide bonds. The van der Waals surface area contributed by atoms with Gasteiger partial charge in [0.2, 0.25) is 0 Å². The van der Waals surface area contributed by atoms with Gasteiger partial charge in [0.1, 0.15) is 25.7 Å². The Bertz CT molecular complexity index is 525. The molecule has 4 N–H and O–H groups in total. The van der Waals surface area contributed by atoms with Crippen LogP contribution in [0.1, 0.15) is 27.1 Å². The van der Waals surface area contributed by atoms with Crippen molar-refractivity contribution in [2.75, 3.05) is 0 Å². The molecule has 0 aliphatic carbocycles. The number of rotatable bonds is 11. The number of nitrogens with zero attached hydrogens (tertiary/aromatic N) is 2. The minimum atomic E-state index is -3.50. The molecule has 0 aromatic carbocycles. The van der Waals surface area contributed by atoms with Crippen LogP contribution in [0.5, 0.6) is 0 Å². The normalized spacial score (nSPS) is 11.0. The molecule has 0 saturated carbocycles. The van der Waals surface area contributed by atoms with Gasteiger partial charge in [-0.25, -0.2) is 0 Å². The van der Waals surface area contributed by atoms with Gasteiger partial charge in [-0.1, -0.05) is 0 Å². The van der Waals surface area contributed by atoms with E-state index >= 15 is 0 Å². The van der Waals surface area contributed by atoms with Crippen molar-refractivity contribution in [1.29, 1.82) is 0 Å². The van der Waals surface area contributed by atoms with Gasteiger partial charge >= 0.3 is 64.5 Å². The molecule has 15 heteroatoms. The van der Waals surface area contributed by atoms with Crippen LogP contribution in [-0.4, -0.2) is 65.2 Å². The third-order valence-electron chi connectivity index (χ3n) is 3.34. The molecular formula is C10H13N2NaO12. The van der Waals surface area contributed by atoms with Crippen molar-refractivity contribution >= 4 is 23.9 Å². The van der Waals surface area contributed by atoms with Crippen LogP contribution in [0.15, 0.2) is 0 Å². The fourth-order valence-electron chi connectivity index (χ4n) is 2.38. The average molecular weight is 376 g/mol. The number of nitro groups is 2. The maximum atomic E-state index is 11.4. The molecule has 0 atom stereocenters. The molecule has 0 unspecified atom stereocenters. The second-order valence-corrected chi connectivity index (χ2v) is 4.86. The zero-order valence-electron chi connectivity index (χ0n) is 13.8. The van der Waals surface area contributed by atoms with Gasteiger partial charge in [-0.2, -0.15) is 0 Å². The fraction of sp³-hybridized carbons (Fsp3) is 0.600. The second-order valence-electron chi connectivity index (χ2n) is 4.86. The molecule has 0 heterocycles. The monoisotopic (exact) mass is 376 g/mol. The molecule has 14 nitrogen and oxygen atoms in total. The smallest absolute Gasteiger partial charge is 1.00 e. The van der Waals surface area contributed by atoms with Crippen molar-refractivity contribution in [2.45, 2.75) is 36.8 Å². The van der Waals surface area contributed by atoms with E-state index in [9.17, 15) is 39.4 Å². The van der Waals surface area contributed by atoms with E-state index in [4.69, 9.17) is 20.4 Å². The minimum Gasteiger partial charge on any atom is -1.00 e. The van der Waals surface area contributed by atoms with Gasteiger partial charge in [-0.05, 0) is 0 Å². The molecule has 0 aliphatic rings. The van der Waals surface area contributed by atoms with Crippen molar-refractivity contribution < 1.29 is 80.4 Å². The van der Waals surface area contributed by atoms with E-state index in [1.54, 1.807) is 0 Å². The van der Waals surface area contributed by atoms with Gasteiger partial charge in [0.15, 0.2) is 0 Å². The molecule has 0 aliphatic heterocycles. The van der Waals surface area contributed by atoms with Crippen molar-refractivity contribution in [1.82, 2.24) is 0 Å². The van der Waals surface area contributed by atoms with Crippen LogP contribution in [0.4, 0.5) is 0 Å². The molecule has 0 rings (SSSR count). The summed E-state index contributed by atoms with van der Waals surface area (Å²) in [5, 5.41) is 58.0. The van der Waals surface area contributed by atoms with Crippen LogP contribution < -0.4 is 29.6 Å². The van der Waals surface area contributed by atoms with Crippen LogP contribution >= 0.6 is 0 Å². The number of carboxylic acid groups (broad SMARTS) is 4. The third-order valence-corrected chi connectivity index (χ3v) is 3.34. The molecule has 0 bridgehead atoms. The number of hydrogen-bond acceptors (Lipinski definition) is 8. The van der Waals surface area contributed by atoms with Gasteiger partial charge in [-0.15, -0.1) is 0 Å². The van der Waals surface area contributed by atoms with Gasteiger partial charge in [0, 0.05) is 9.85 Å². The topological polar surface area (TPSA) is 235 Å². The van der Waals surface area contributed by atoms with Gasteiger partial charge in [-0.3, -0.25) is 39.4 Å². The number of carbonyl (C=O) groups is 4. The van der Waals surface area contributed by atoms with E-state index in [1.165, 1.54) is 0 Å². The Morgan fingerprint density at radius 3 is 0.920 bits per heavy atom. The fourth-order valence-corrected chi connectivity index (χ4v) is 2.38. The first-order valence-corrected chi connectivity index (χ1v) is 5.97. The zero-order valence-corrected chi connectivity index (χ0v) is 14.8.